The summed E-state index contributed by atoms with van der Waals surface area (Å²) < 4.78 is 44.4. The molecule has 0 saturated carbocycles. The molecule has 10 nitrogen and oxygen atoms in total. The number of carbonyl (C=O) groups excluding carboxylic acids is 1. The highest BCUT2D eigenvalue weighted by Gasteiger charge is 2.32. The van der Waals surface area contributed by atoms with Gasteiger partial charge in [0.05, 0.1) is 23.5 Å². The number of aromatic nitrogens is 4. The average molecular weight is 544 g/mol. The minimum atomic E-state index is -4.49. The van der Waals surface area contributed by atoms with Gasteiger partial charge in [0.15, 0.2) is 0 Å². The fraction of sp³-hybridized carbons (Fsp3) is 0.423. The molecule has 3 aromatic rings. The van der Waals surface area contributed by atoms with Crippen LogP contribution in [0.1, 0.15) is 34.3 Å². The van der Waals surface area contributed by atoms with Crippen molar-refractivity contribution in [3.8, 4) is 5.75 Å². The minimum Gasteiger partial charge on any atom is -0.491 e. The number of nitrogens with zero attached hydrogens (tertiary/aromatic N) is 6. The largest absolute Gasteiger partial charge is 0.491 e. The molecule has 39 heavy (non-hydrogen) atoms. The molecular weight excluding hydrogens is 515 g/mol. The van der Waals surface area contributed by atoms with Crippen LogP contribution in [0.15, 0.2) is 47.7 Å². The van der Waals surface area contributed by atoms with E-state index >= 15 is 0 Å². The number of aromatic amines is 1. The Morgan fingerprint density at radius 1 is 1.10 bits per heavy atom. The molecule has 2 fully saturated rings. The second kappa shape index (κ2) is 10.9. The number of ether oxygens (including phenoxy) is 1. The maximum Gasteiger partial charge on any atom is 0.419 e. The van der Waals surface area contributed by atoms with Gasteiger partial charge in [-0.25, -0.2) is 15.1 Å². The van der Waals surface area contributed by atoms with Gasteiger partial charge in [-0.3, -0.25) is 9.59 Å². The number of halogens is 3. The first kappa shape index (κ1) is 26.4. The van der Waals surface area contributed by atoms with Gasteiger partial charge in [0.25, 0.3) is 11.5 Å². The number of amides is 1. The highest BCUT2D eigenvalue weighted by atomic mass is 19.4. The van der Waals surface area contributed by atoms with E-state index in [0.717, 1.165) is 37.5 Å². The zero-order chi connectivity index (χ0) is 27.6. The van der Waals surface area contributed by atoms with Gasteiger partial charge in [0, 0.05) is 56.2 Å². The first-order valence-corrected chi connectivity index (χ1v) is 12.7. The fourth-order valence-electron chi connectivity index (χ4n) is 4.90. The van der Waals surface area contributed by atoms with Crippen molar-refractivity contribution in [2.45, 2.75) is 32.0 Å². The van der Waals surface area contributed by atoms with Gasteiger partial charge in [0.1, 0.15) is 12.4 Å². The molecule has 2 aromatic heterocycles. The molecular formula is C26H28F3N7O3. The number of hydrogen-bond acceptors (Lipinski definition) is 8. The molecule has 1 amide bonds. The highest BCUT2D eigenvalue weighted by molar-refractivity contribution is 5.94. The van der Waals surface area contributed by atoms with Crippen LogP contribution in [0.2, 0.25) is 0 Å². The number of hydrogen-bond donors (Lipinski definition) is 1. The molecule has 5 rings (SSSR count). The Bertz CT molecular complexity index is 1370. The van der Waals surface area contributed by atoms with E-state index in [4.69, 9.17) is 4.74 Å². The average Bonchev–Trinajstić information content (AvgIpc) is 3.41. The Balaban J connectivity index is 1.17. The van der Waals surface area contributed by atoms with E-state index < -0.39 is 11.7 Å². The SMILES string of the molecule is Cc1c(N2CCC[C@H]2COc2cccc(C(=O)N3CCN(c4ncc(C(F)(F)F)cn4)CC3)c2)cn[nH]c1=O. The van der Waals surface area contributed by atoms with Crippen molar-refractivity contribution < 1.29 is 22.7 Å². The van der Waals surface area contributed by atoms with Crippen LogP contribution >= 0.6 is 0 Å². The monoisotopic (exact) mass is 543 g/mol. The van der Waals surface area contributed by atoms with Crippen LogP contribution in [0.3, 0.4) is 0 Å². The molecule has 0 bridgehead atoms. The standard InChI is InChI=1S/C26H28F3N7O3/c1-17-22(15-32-33-23(17)37)36-7-3-5-20(36)16-39-21-6-2-4-18(12-21)24(38)34-8-10-35(11-9-34)25-30-13-19(14-31-25)26(27,28)29/h2,4,6,12-15,20H,3,5,7-11,16H2,1H3,(H,33,37)/t20-/m0/s1. The smallest absolute Gasteiger partial charge is 0.419 e. The third-order valence-electron chi connectivity index (χ3n) is 7.10. The number of H-pyrrole nitrogens is 1. The summed E-state index contributed by atoms with van der Waals surface area (Å²) in [7, 11) is 0. The topological polar surface area (TPSA) is 108 Å². The van der Waals surface area contributed by atoms with Gasteiger partial charge in [-0.1, -0.05) is 6.07 Å². The van der Waals surface area contributed by atoms with Crippen molar-refractivity contribution >= 4 is 17.5 Å². The molecule has 1 N–H and O–H groups in total. The van der Waals surface area contributed by atoms with E-state index in [0.29, 0.717) is 49.7 Å². The van der Waals surface area contributed by atoms with Crippen LogP contribution in [-0.4, -0.2) is 76.3 Å². The molecule has 1 aromatic carbocycles. The molecule has 0 spiro atoms. The Kier molecular flexibility index (Phi) is 7.40. The van der Waals surface area contributed by atoms with E-state index in [-0.39, 0.29) is 23.5 Å². The van der Waals surface area contributed by atoms with Gasteiger partial charge in [0.2, 0.25) is 5.95 Å². The molecule has 0 radical (unpaired) electrons. The number of nitrogens with one attached hydrogen (secondary N) is 1. The third-order valence-corrected chi connectivity index (χ3v) is 7.10. The van der Waals surface area contributed by atoms with Crippen molar-refractivity contribution in [1.29, 1.82) is 0 Å². The summed E-state index contributed by atoms with van der Waals surface area (Å²) in [5.74, 6) is 0.629. The predicted molar refractivity (Wildman–Crippen MR) is 137 cm³/mol. The quantitative estimate of drug-likeness (QED) is 0.506. The second-order valence-electron chi connectivity index (χ2n) is 9.59. The van der Waals surface area contributed by atoms with E-state index in [1.54, 1.807) is 47.2 Å². The van der Waals surface area contributed by atoms with Crippen molar-refractivity contribution in [3.63, 3.8) is 0 Å². The van der Waals surface area contributed by atoms with Crippen LogP contribution in [0.5, 0.6) is 5.75 Å². The lowest BCUT2D eigenvalue weighted by Gasteiger charge is -2.34. The van der Waals surface area contributed by atoms with Gasteiger partial charge in [-0.05, 0) is 38.0 Å². The lowest BCUT2D eigenvalue weighted by Crippen LogP contribution is -2.49. The second-order valence-corrected chi connectivity index (χ2v) is 9.59. The third kappa shape index (κ3) is 5.81. The predicted octanol–water partition coefficient (Wildman–Crippen LogP) is 2.90. The highest BCUT2D eigenvalue weighted by Crippen LogP contribution is 2.29. The van der Waals surface area contributed by atoms with E-state index in [2.05, 4.69) is 25.1 Å². The zero-order valence-electron chi connectivity index (χ0n) is 21.3. The van der Waals surface area contributed by atoms with Crippen molar-refractivity contribution in [1.82, 2.24) is 25.1 Å². The van der Waals surface area contributed by atoms with Crippen LogP contribution < -0.4 is 20.1 Å². The van der Waals surface area contributed by atoms with Crippen LogP contribution in [0.25, 0.3) is 0 Å². The Hall–Kier alpha value is -4.16. The minimum absolute atomic E-state index is 0.0761. The number of carbonyl (C=O) groups is 1. The van der Waals surface area contributed by atoms with E-state index in [9.17, 15) is 22.8 Å². The number of rotatable bonds is 6. The maximum atomic E-state index is 13.2. The first-order valence-electron chi connectivity index (χ1n) is 12.7. The van der Waals surface area contributed by atoms with Crippen LogP contribution in [0, 0.1) is 6.92 Å². The Labute approximate surface area is 222 Å². The molecule has 1 atom stereocenters. The molecule has 2 aliphatic rings. The zero-order valence-corrected chi connectivity index (χ0v) is 21.3. The summed E-state index contributed by atoms with van der Waals surface area (Å²) in [5, 5.41) is 6.39. The molecule has 4 heterocycles. The number of benzene rings is 1. The summed E-state index contributed by atoms with van der Waals surface area (Å²) in [4.78, 5) is 38.4. The summed E-state index contributed by atoms with van der Waals surface area (Å²) in [6, 6.07) is 7.09. The molecule has 0 aliphatic carbocycles. The van der Waals surface area contributed by atoms with Gasteiger partial charge in [-0.15, -0.1) is 0 Å². The molecule has 2 saturated heterocycles. The maximum absolute atomic E-state index is 13.2. The Morgan fingerprint density at radius 2 is 1.85 bits per heavy atom. The lowest BCUT2D eigenvalue weighted by atomic mass is 10.1. The summed E-state index contributed by atoms with van der Waals surface area (Å²) in [5.41, 5.74) is 0.803. The van der Waals surface area contributed by atoms with Crippen LogP contribution in [-0.2, 0) is 6.18 Å². The van der Waals surface area contributed by atoms with Crippen molar-refractivity contribution in [3.05, 3.63) is 69.9 Å². The van der Waals surface area contributed by atoms with Gasteiger partial charge < -0.3 is 19.4 Å². The molecule has 2 aliphatic heterocycles. The lowest BCUT2D eigenvalue weighted by molar-refractivity contribution is -0.138. The summed E-state index contributed by atoms with van der Waals surface area (Å²) in [6.45, 7) is 4.56. The molecule has 206 valence electrons. The van der Waals surface area contributed by atoms with Crippen molar-refractivity contribution in [2.24, 2.45) is 0 Å². The number of piperazine rings is 1. The number of anilines is 2. The fourth-order valence-corrected chi connectivity index (χ4v) is 4.90. The van der Waals surface area contributed by atoms with Crippen molar-refractivity contribution in [2.75, 3.05) is 49.1 Å². The first-order chi connectivity index (χ1) is 18.7. The van der Waals surface area contributed by atoms with E-state index in [1.165, 1.54) is 0 Å². The summed E-state index contributed by atoms with van der Waals surface area (Å²) in [6.07, 6.45) is 0.608. The number of alkyl halides is 3. The van der Waals surface area contributed by atoms with Crippen LogP contribution in [0.4, 0.5) is 24.8 Å². The van der Waals surface area contributed by atoms with Gasteiger partial charge >= 0.3 is 6.18 Å². The van der Waals surface area contributed by atoms with Gasteiger partial charge in [-0.2, -0.15) is 18.3 Å². The van der Waals surface area contributed by atoms with E-state index in [1.807, 2.05) is 0 Å². The Morgan fingerprint density at radius 3 is 2.56 bits per heavy atom. The summed E-state index contributed by atoms with van der Waals surface area (Å²) >= 11 is 0. The normalized spacial score (nSPS) is 17.9. The molecule has 0 unspecified atom stereocenters. The molecule has 13 heteroatoms.